The van der Waals surface area contributed by atoms with Crippen LogP contribution in [0.4, 0.5) is 31.1 Å². The van der Waals surface area contributed by atoms with E-state index < -0.39 is 52.2 Å². The van der Waals surface area contributed by atoms with Crippen LogP contribution in [0.2, 0.25) is 0 Å². The first-order valence-electron chi connectivity index (χ1n) is 8.35. The quantitative estimate of drug-likeness (QED) is 0.481. The summed E-state index contributed by atoms with van der Waals surface area (Å²) in [7, 11) is 0. The van der Waals surface area contributed by atoms with Gasteiger partial charge in [0, 0.05) is 5.56 Å². The van der Waals surface area contributed by atoms with Gasteiger partial charge in [-0.25, -0.2) is 15.2 Å². The normalized spacial score (nSPS) is 13.1. The zero-order chi connectivity index (χ0) is 23.0. The summed E-state index contributed by atoms with van der Waals surface area (Å²) in [5.41, 5.74) is -4.22. The maximum atomic E-state index is 13.0. The van der Waals surface area contributed by atoms with Crippen molar-refractivity contribution in [1.29, 1.82) is 0 Å². The summed E-state index contributed by atoms with van der Waals surface area (Å²) in [6.45, 7) is 8.91. The summed E-state index contributed by atoms with van der Waals surface area (Å²) >= 11 is 0. The highest BCUT2D eigenvalue weighted by atomic mass is 19.4. The minimum atomic E-state index is -5.11. The molecular weight excluding hydrogens is 406 g/mol. The lowest BCUT2D eigenvalue weighted by Gasteiger charge is -2.36. The molecule has 0 radical (unpaired) electrons. The Morgan fingerprint density at radius 3 is 1.55 bits per heavy atom. The summed E-state index contributed by atoms with van der Waals surface area (Å²) in [5, 5.41) is 0.622. The number of benzene rings is 1. The van der Waals surface area contributed by atoms with Crippen LogP contribution in [0.25, 0.3) is 0 Å². The molecule has 0 bridgehead atoms. The van der Waals surface area contributed by atoms with Crippen molar-refractivity contribution in [3.63, 3.8) is 0 Å². The Labute approximate surface area is 164 Å². The fourth-order valence-corrected chi connectivity index (χ4v) is 2.12. The third-order valence-corrected chi connectivity index (χ3v) is 3.31. The Morgan fingerprint density at radius 2 is 1.24 bits per heavy atom. The second kappa shape index (κ2) is 7.75. The average Bonchev–Trinajstić information content (AvgIpc) is 2.47. The second-order valence-corrected chi connectivity index (χ2v) is 8.22. The van der Waals surface area contributed by atoms with Crippen LogP contribution in [0.3, 0.4) is 0 Å². The van der Waals surface area contributed by atoms with Gasteiger partial charge in [0.2, 0.25) is 0 Å². The molecule has 0 unspecified atom stereocenters. The molecule has 0 saturated heterocycles. The highest BCUT2D eigenvalue weighted by molar-refractivity contribution is 5.96. The fourth-order valence-electron chi connectivity index (χ4n) is 2.12. The zero-order valence-electron chi connectivity index (χ0n) is 16.7. The van der Waals surface area contributed by atoms with Crippen LogP contribution < -0.4 is 5.43 Å². The number of amides is 2. The molecule has 5 nitrogen and oxygen atoms in total. The maximum absolute atomic E-state index is 13.0. The van der Waals surface area contributed by atoms with Gasteiger partial charge in [0.05, 0.1) is 16.7 Å². The predicted molar refractivity (Wildman–Crippen MR) is 91.7 cm³/mol. The van der Waals surface area contributed by atoms with E-state index in [2.05, 4.69) is 5.43 Å². The van der Waals surface area contributed by atoms with Gasteiger partial charge in [0.25, 0.3) is 5.91 Å². The molecule has 0 aliphatic carbocycles. The molecule has 2 amide bonds. The predicted octanol–water partition coefficient (Wildman–Crippen LogP) is 5.40. The lowest BCUT2D eigenvalue weighted by molar-refractivity contribution is -0.143. The second-order valence-electron chi connectivity index (χ2n) is 8.22. The summed E-state index contributed by atoms with van der Waals surface area (Å²) in [6, 6.07) is 0.514. The molecule has 1 aromatic rings. The van der Waals surface area contributed by atoms with E-state index in [0.717, 1.165) is 0 Å². The number of alkyl halides is 6. The Balaban J connectivity index is 3.44. The highest BCUT2D eigenvalue weighted by Crippen LogP contribution is 2.36. The van der Waals surface area contributed by atoms with E-state index in [-0.39, 0.29) is 6.07 Å². The van der Waals surface area contributed by atoms with Gasteiger partial charge in [-0.2, -0.15) is 26.3 Å². The molecule has 0 aromatic heterocycles. The van der Waals surface area contributed by atoms with Crippen LogP contribution in [0, 0.1) is 0 Å². The molecule has 0 aliphatic heterocycles. The Kier molecular flexibility index (Phi) is 6.57. The molecule has 0 spiro atoms. The van der Waals surface area contributed by atoms with E-state index in [4.69, 9.17) is 4.74 Å². The van der Waals surface area contributed by atoms with E-state index in [0.29, 0.717) is 17.1 Å². The minimum absolute atomic E-state index is 0.0838. The molecule has 0 fully saturated rings. The van der Waals surface area contributed by atoms with Gasteiger partial charge in [-0.15, -0.1) is 0 Å². The molecule has 0 heterocycles. The number of hydrazine groups is 1. The highest BCUT2D eigenvalue weighted by Gasteiger charge is 2.39. The van der Waals surface area contributed by atoms with Crippen LogP contribution >= 0.6 is 0 Å². The van der Waals surface area contributed by atoms with Gasteiger partial charge in [-0.05, 0) is 59.7 Å². The summed E-state index contributed by atoms with van der Waals surface area (Å²) < 4.78 is 83.3. The number of nitrogens with one attached hydrogen (secondary N) is 1. The molecule has 0 aliphatic rings. The van der Waals surface area contributed by atoms with Crippen LogP contribution in [0.5, 0.6) is 0 Å². The van der Waals surface area contributed by atoms with Crippen molar-refractivity contribution >= 4 is 12.0 Å². The van der Waals surface area contributed by atoms with Gasteiger partial charge < -0.3 is 4.74 Å². The van der Waals surface area contributed by atoms with Gasteiger partial charge in [-0.3, -0.25) is 4.79 Å². The Hall–Kier alpha value is -2.46. The number of halogens is 6. The maximum Gasteiger partial charge on any atom is 0.426 e. The number of ether oxygens (including phenoxy) is 1. The number of nitrogens with zero attached hydrogens (tertiary/aromatic N) is 1. The van der Waals surface area contributed by atoms with Crippen molar-refractivity contribution in [1.82, 2.24) is 10.4 Å². The van der Waals surface area contributed by atoms with E-state index in [1.165, 1.54) is 41.5 Å². The zero-order valence-corrected chi connectivity index (χ0v) is 16.7. The standard InChI is InChI=1S/C18H22F6N2O3/c1-15(2,3)26(25-14(28)29-16(4,5)6)13(27)10-7-11(17(19,20)21)9-12(8-10)18(22,23)24/h7-9H,1-6H3,(H,25,28). The molecule has 1 N–H and O–H groups in total. The van der Waals surface area contributed by atoms with Crippen molar-refractivity contribution in [3.8, 4) is 0 Å². The smallest absolute Gasteiger partial charge is 0.426 e. The Bertz CT molecular complexity index is 742. The fraction of sp³-hybridized carbons (Fsp3) is 0.556. The van der Waals surface area contributed by atoms with Crippen LogP contribution in [0.15, 0.2) is 18.2 Å². The third-order valence-electron chi connectivity index (χ3n) is 3.31. The molecule has 1 aromatic carbocycles. The van der Waals surface area contributed by atoms with Crippen molar-refractivity contribution in [2.75, 3.05) is 0 Å². The average molecular weight is 428 g/mol. The van der Waals surface area contributed by atoms with E-state index in [9.17, 15) is 35.9 Å². The van der Waals surface area contributed by atoms with Crippen LogP contribution in [-0.4, -0.2) is 28.1 Å². The molecule has 1 rings (SSSR count). The van der Waals surface area contributed by atoms with E-state index in [1.807, 2.05) is 0 Å². The number of rotatable bonds is 1. The third kappa shape index (κ3) is 7.13. The summed E-state index contributed by atoms with van der Waals surface area (Å²) in [6.07, 6.45) is -11.3. The summed E-state index contributed by atoms with van der Waals surface area (Å²) in [5.74, 6) is -1.26. The monoisotopic (exact) mass is 428 g/mol. The molecule has 0 saturated carbocycles. The molecular formula is C18H22F6N2O3. The van der Waals surface area contributed by atoms with Crippen molar-refractivity contribution in [2.24, 2.45) is 0 Å². The molecule has 29 heavy (non-hydrogen) atoms. The minimum Gasteiger partial charge on any atom is -0.443 e. The SMILES string of the molecule is CC(C)(C)OC(=O)NN(C(=O)c1cc(C(F)(F)F)cc(C(F)(F)F)c1)C(C)(C)C. The number of carbonyl (C=O) groups excluding carboxylic acids is 2. The van der Waals surface area contributed by atoms with E-state index >= 15 is 0 Å². The first-order chi connectivity index (χ1) is 12.7. The Morgan fingerprint density at radius 1 is 0.828 bits per heavy atom. The number of hydrogen-bond acceptors (Lipinski definition) is 3. The van der Waals surface area contributed by atoms with Crippen LogP contribution in [-0.2, 0) is 17.1 Å². The van der Waals surface area contributed by atoms with Crippen molar-refractivity contribution < 1.29 is 40.7 Å². The van der Waals surface area contributed by atoms with Gasteiger partial charge >= 0.3 is 18.4 Å². The number of hydrogen-bond donors (Lipinski definition) is 1. The lowest BCUT2D eigenvalue weighted by Crippen LogP contribution is -2.56. The van der Waals surface area contributed by atoms with Crippen molar-refractivity contribution in [3.05, 3.63) is 34.9 Å². The van der Waals surface area contributed by atoms with Gasteiger partial charge in [-0.1, -0.05) is 0 Å². The largest absolute Gasteiger partial charge is 0.443 e. The topological polar surface area (TPSA) is 58.6 Å². The molecule has 164 valence electrons. The first kappa shape index (κ1) is 24.6. The van der Waals surface area contributed by atoms with Crippen molar-refractivity contribution in [2.45, 2.75) is 65.0 Å². The number of carbonyl (C=O) groups is 2. The van der Waals surface area contributed by atoms with E-state index in [1.54, 1.807) is 0 Å². The molecule has 0 atom stereocenters. The lowest BCUT2D eigenvalue weighted by atomic mass is 10.0. The van der Waals surface area contributed by atoms with Gasteiger partial charge in [0.1, 0.15) is 5.60 Å². The van der Waals surface area contributed by atoms with Crippen LogP contribution in [0.1, 0.15) is 63.0 Å². The summed E-state index contributed by atoms with van der Waals surface area (Å²) in [4.78, 5) is 24.8. The van der Waals surface area contributed by atoms with Gasteiger partial charge in [0.15, 0.2) is 0 Å². The first-order valence-corrected chi connectivity index (χ1v) is 8.35. The molecule has 11 heteroatoms.